The Morgan fingerprint density at radius 3 is 2.54 bits per heavy atom. The summed E-state index contributed by atoms with van der Waals surface area (Å²) >= 11 is 0. The minimum atomic E-state index is 0.0238. The van der Waals surface area contributed by atoms with E-state index in [2.05, 4.69) is 47.3 Å². The second-order valence-corrected chi connectivity index (χ2v) is 6.87. The third-order valence-electron chi connectivity index (χ3n) is 4.67. The second-order valence-electron chi connectivity index (χ2n) is 6.87. The molecule has 1 aliphatic rings. The fraction of sp³-hybridized carbons (Fsp3) is 0.474. The molecule has 2 heterocycles. The van der Waals surface area contributed by atoms with Crippen LogP contribution in [0.1, 0.15) is 29.8 Å². The molecule has 5 heteroatoms. The van der Waals surface area contributed by atoms with Crippen LogP contribution >= 0.6 is 0 Å². The van der Waals surface area contributed by atoms with Crippen LogP contribution in [0.5, 0.6) is 0 Å². The fourth-order valence-electron chi connectivity index (χ4n) is 3.46. The summed E-state index contributed by atoms with van der Waals surface area (Å²) in [6.07, 6.45) is 2.05. The number of carbonyl (C=O) groups excluding carboxylic acids is 1. The van der Waals surface area contributed by atoms with E-state index >= 15 is 0 Å². The van der Waals surface area contributed by atoms with Crippen molar-refractivity contribution in [1.82, 2.24) is 19.6 Å². The molecule has 1 saturated heterocycles. The summed E-state index contributed by atoms with van der Waals surface area (Å²) in [4.78, 5) is 16.3. The lowest BCUT2D eigenvalue weighted by atomic mass is 10.1. The van der Waals surface area contributed by atoms with Gasteiger partial charge in [0.2, 0.25) is 5.91 Å². The minimum Gasteiger partial charge on any atom is -0.347 e. The van der Waals surface area contributed by atoms with Crippen molar-refractivity contribution in [3.05, 3.63) is 47.3 Å². The van der Waals surface area contributed by atoms with Gasteiger partial charge in [-0.25, -0.2) is 4.68 Å². The molecule has 0 N–H and O–H groups in total. The molecule has 2 aromatic rings. The SMILES string of the molecule is Cc1cc(C)n(-c2ccc(CN3CCCC3C(=O)N(C)C)cc2)n1. The van der Waals surface area contributed by atoms with Gasteiger partial charge in [-0.05, 0) is 57.0 Å². The van der Waals surface area contributed by atoms with Crippen molar-refractivity contribution in [2.45, 2.75) is 39.3 Å². The smallest absolute Gasteiger partial charge is 0.239 e. The molecule has 0 saturated carbocycles. The van der Waals surface area contributed by atoms with Crippen molar-refractivity contribution in [3.63, 3.8) is 0 Å². The maximum atomic E-state index is 12.3. The Hall–Kier alpha value is -2.14. The molecule has 0 aliphatic carbocycles. The van der Waals surface area contributed by atoms with E-state index in [0.717, 1.165) is 43.0 Å². The molecule has 1 unspecified atom stereocenters. The number of hydrogen-bond donors (Lipinski definition) is 0. The highest BCUT2D eigenvalue weighted by atomic mass is 16.2. The monoisotopic (exact) mass is 326 g/mol. The van der Waals surface area contributed by atoms with Gasteiger partial charge in [0.25, 0.3) is 0 Å². The molecule has 1 atom stereocenters. The van der Waals surface area contributed by atoms with Gasteiger partial charge in [-0.1, -0.05) is 12.1 Å². The van der Waals surface area contributed by atoms with Crippen LogP contribution in [0, 0.1) is 13.8 Å². The van der Waals surface area contributed by atoms with Crippen molar-refractivity contribution >= 4 is 5.91 Å². The Morgan fingerprint density at radius 2 is 1.96 bits per heavy atom. The minimum absolute atomic E-state index is 0.0238. The number of aryl methyl sites for hydroxylation is 2. The first-order valence-electron chi connectivity index (χ1n) is 8.53. The van der Waals surface area contributed by atoms with Crippen molar-refractivity contribution in [2.75, 3.05) is 20.6 Å². The number of rotatable bonds is 4. The Bertz CT molecular complexity index is 717. The normalized spacial score (nSPS) is 18.1. The van der Waals surface area contributed by atoms with E-state index in [4.69, 9.17) is 0 Å². The standard InChI is InChI=1S/C19H26N4O/c1-14-12-15(2)23(20-14)17-9-7-16(8-10-17)13-22-11-5-6-18(22)19(24)21(3)4/h7-10,12,18H,5-6,11,13H2,1-4H3. The Labute approximate surface area is 143 Å². The van der Waals surface area contributed by atoms with Gasteiger partial charge in [-0.3, -0.25) is 9.69 Å². The highest BCUT2D eigenvalue weighted by Crippen LogP contribution is 2.22. The van der Waals surface area contributed by atoms with Gasteiger partial charge in [0, 0.05) is 26.3 Å². The molecule has 0 spiro atoms. The topological polar surface area (TPSA) is 41.4 Å². The first-order chi connectivity index (χ1) is 11.5. The molecule has 128 valence electrons. The van der Waals surface area contributed by atoms with Crippen LogP contribution in [-0.4, -0.2) is 52.2 Å². The van der Waals surface area contributed by atoms with Crippen LogP contribution < -0.4 is 0 Å². The number of amides is 1. The first-order valence-corrected chi connectivity index (χ1v) is 8.53. The molecular formula is C19H26N4O. The zero-order valence-corrected chi connectivity index (χ0v) is 15.0. The molecule has 1 amide bonds. The molecule has 1 aliphatic heterocycles. The molecule has 0 radical (unpaired) electrons. The molecular weight excluding hydrogens is 300 g/mol. The van der Waals surface area contributed by atoms with Crippen molar-refractivity contribution in [3.8, 4) is 5.69 Å². The summed E-state index contributed by atoms with van der Waals surface area (Å²) in [6, 6.07) is 10.6. The maximum Gasteiger partial charge on any atom is 0.239 e. The molecule has 1 aromatic carbocycles. The quantitative estimate of drug-likeness (QED) is 0.867. The van der Waals surface area contributed by atoms with Crippen molar-refractivity contribution < 1.29 is 4.79 Å². The van der Waals surface area contributed by atoms with E-state index in [1.807, 2.05) is 25.7 Å². The van der Waals surface area contributed by atoms with Crippen molar-refractivity contribution in [1.29, 1.82) is 0 Å². The number of nitrogens with zero attached hydrogens (tertiary/aromatic N) is 4. The number of benzene rings is 1. The van der Waals surface area contributed by atoms with Crippen LogP contribution in [-0.2, 0) is 11.3 Å². The van der Waals surface area contributed by atoms with Crippen LogP contribution in [0.25, 0.3) is 5.69 Å². The summed E-state index contributed by atoms with van der Waals surface area (Å²) in [7, 11) is 3.67. The fourth-order valence-corrected chi connectivity index (χ4v) is 3.46. The van der Waals surface area contributed by atoms with Gasteiger partial charge < -0.3 is 4.90 Å². The summed E-state index contributed by atoms with van der Waals surface area (Å²) in [6.45, 7) is 5.88. The Balaban J connectivity index is 1.72. The van der Waals surface area contributed by atoms with Gasteiger partial charge in [-0.15, -0.1) is 0 Å². The van der Waals surface area contributed by atoms with Crippen LogP contribution in [0.3, 0.4) is 0 Å². The summed E-state index contributed by atoms with van der Waals surface area (Å²) in [5.74, 6) is 0.215. The van der Waals surface area contributed by atoms with Crippen molar-refractivity contribution in [2.24, 2.45) is 0 Å². The third-order valence-corrected chi connectivity index (χ3v) is 4.67. The lowest BCUT2D eigenvalue weighted by Gasteiger charge is -2.26. The summed E-state index contributed by atoms with van der Waals surface area (Å²) in [5.41, 5.74) is 4.47. The highest BCUT2D eigenvalue weighted by molar-refractivity contribution is 5.81. The average Bonchev–Trinajstić information content (AvgIpc) is 3.13. The number of hydrogen-bond acceptors (Lipinski definition) is 3. The first kappa shape index (κ1) is 16.7. The molecule has 3 rings (SSSR count). The average molecular weight is 326 g/mol. The zero-order chi connectivity index (χ0) is 17.3. The lowest BCUT2D eigenvalue weighted by molar-refractivity contribution is -0.133. The molecule has 24 heavy (non-hydrogen) atoms. The van der Waals surface area contributed by atoms with Gasteiger partial charge in [-0.2, -0.15) is 5.10 Å². The zero-order valence-electron chi connectivity index (χ0n) is 15.0. The number of aromatic nitrogens is 2. The number of likely N-dealkylation sites (tertiary alicyclic amines) is 1. The van der Waals surface area contributed by atoms with Crippen LogP contribution in [0.4, 0.5) is 0 Å². The molecule has 5 nitrogen and oxygen atoms in total. The van der Waals surface area contributed by atoms with E-state index in [0.29, 0.717) is 0 Å². The van der Waals surface area contributed by atoms with Gasteiger partial charge in [0.05, 0.1) is 17.4 Å². The third kappa shape index (κ3) is 3.36. The van der Waals surface area contributed by atoms with E-state index < -0.39 is 0 Å². The lowest BCUT2D eigenvalue weighted by Crippen LogP contribution is -2.42. The molecule has 1 aromatic heterocycles. The summed E-state index contributed by atoms with van der Waals surface area (Å²) < 4.78 is 1.97. The highest BCUT2D eigenvalue weighted by Gasteiger charge is 2.31. The molecule has 0 bridgehead atoms. The van der Waals surface area contributed by atoms with Crippen LogP contribution in [0.15, 0.2) is 30.3 Å². The Kier molecular flexibility index (Phi) is 4.71. The summed E-state index contributed by atoms with van der Waals surface area (Å²) in [5, 5.41) is 4.52. The van der Waals surface area contributed by atoms with E-state index in [-0.39, 0.29) is 11.9 Å². The van der Waals surface area contributed by atoms with Crippen LogP contribution in [0.2, 0.25) is 0 Å². The number of likely N-dealkylation sites (N-methyl/N-ethyl adjacent to an activating group) is 1. The van der Waals surface area contributed by atoms with E-state index in [1.54, 1.807) is 4.90 Å². The van der Waals surface area contributed by atoms with E-state index in [1.165, 1.54) is 5.56 Å². The predicted octanol–water partition coefficient (Wildman–Crippen LogP) is 2.54. The largest absolute Gasteiger partial charge is 0.347 e. The maximum absolute atomic E-state index is 12.3. The van der Waals surface area contributed by atoms with Gasteiger partial charge in [0.15, 0.2) is 0 Å². The molecule has 1 fully saturated rings. The van der Waals surface area contributed by atoms with Gasteiger partial charge >= 0.3 is 0 Å². The second kappa shape index (κ2) is 6.77. The van der Waals surface area contributed by atoms with Gasteiger partial charge in [0.1, 0.15) is 0 Å². The Morgan fingerprint density at radius 1 is 1.25 bits per heavy atom. The predicted molar refractivity (Wildman–Crippen MR) is 95.2 cm³/mol. The van der Waals surface area contributed by atoms with E-state index in [9.17, 15) is 4.79 Å². The number of carbonyl (C=O) groups is 1.